The second kappa shape index (κ2) is 9.01. The van der Waals surface area contributed by atoms with Crippen LogP contribution < -0.4 is 0 Å². The largest absolute Gasteiger partial charge is 0.456 e. The second-order valence-corrected chi connectivity index (χ2v) is 9.28. The lowest BCUT2D eigenvalue weighted by atomic mass is 9.99. The van der Waals surface area contributed by atoms with E-state index in [2.05, 4.69) is 9.97 Å². The molecule has 0 saturated carbocycles. The van der Waals surface area contributed by atoms with E-state index in [9.17, 15) is 0 Å². The fraction of sp³-hybridized carbons (Fsp3) is 0. The lowest BCUT2D eigenvalue weighted by molar-refractivity contribution is 0.669. The first kappa shape index (κ1) is 13.8. The molecule has 5 heteroatoms. The maximum Gasteiger partial charge on any atom is 0.164 e. The van der Waals surface area contributed by atoms with Gasteiger partial charge in [0.05, 0.1) is 16.4 Å². The van der Waals surface area contributed by atoms with Gasteiger partial charge < -0.3 is 4.42 Å². The van der Waals surface area contributed by atoms with Crippen LogP contribution in [0.4, 0.5) is 0 Å². The summed E-state index contributed by atoms with van der Waals surface area (Å²) in [6.45, 7) is 0. The van der Waals surface area contributed by atoms with Crippen LogP contribution >= 0.6 is 11.6 Å². The predicted octanol–water partition coefficient (Wildman–Crippen LogP) is 9.73. The molecule has 0 bridgehead atoms. The maximum atomic E-state index is 9.05. The minimum Gasteiger partial charge on any atom is -0.456 e. The smallest absolute Gasteiger partial charge is 0.164 e. The number of hydrogen-bond donors (Lipinski definition) is 0. The molecule has 0 spiro atoms. The van der Waals surface area contributed by atoms with Crippen molar-refractivity contribution < 1.29 is 20.9 Å². The third kappa shape index (κ3) is 3.73. The van der Waals surface area contributed by atoms with Crippen LogP contribution in [0.2, 0.25) is 5.02 Å². The van der Waals surface area contributed by atoms with Gasteiger partial charge in [0.1, 0.15) is 11.2 Å². The van der Waals surface area contributed by atoms with Crippen LogP contribution in [0.15, 0.2) is 125 Å². The Morgan fingerprint density at radius 3 is 2.20 bits per heavy atom. The normalized spacial score (nSPS) is 15.8. The van der Waals surface area contributed by atoms with Gasteiger partial charge in [-0.15, -0.1) is 0 Å². The van der Waals surface area contributed by atoms with Crippen LogP contribution in [0.25, 0.3) is 77.6 Å². The Balaban J connectivity index is 1.52. The van der Waals surface area contributed by atoms with E-state index in [1.165, 1.54) is 18.2 Å². The fourth-order valence-corrected chi connectivity index (χ4v) is 4.81. The average Bonchev–Trinajstić information content (AvgIpc) is 3.51. The van der Waals surface area contributed by atoms with Crippen LogP contribution in [0, 0.1) is 0 Å². The van der Waals surface area contributed by atoms with E-state index >= 15 is 0 Å². The predicted molar refractivity (Wildman–Crippen MR) is 163 cm³/mol. The van der Waals surface area contributed by atoms with E-state index in [4.69, 9.17) is 37.5 Å². The van der Waals surface area contributed by atoms with Crippen LogP contribution in [0.5, 0.6) is 0 Å². The zero-order chi connectivity index (χ0) is 37.1. The van der Waals surface area contributed by atoms with Gasteiger partial charge in [0.2, 0.25) is 0 Å². The van der Waals surface area contributed by atoms with Crippen molar-refractivity contribution in [3.05, 3.63) is 126 Å². The van der Waals surface area contributed by atoms with Gasteiger partial charge in [0.25, 0.3) is 0 Å². The first-order chi connectivity index (χ1) is 24.7. The van der Waals surface area contributed by atoms with Gasteiger partial charge in [-0.3, -0.25) is 0 Å². The highest BCUT2D eigenvalue weighted by molar-refractivity contribution is 6.32. The molecule has 2 aromatic heterocycles. The summed E-state index contributed by atoms with van der Waals surface area (Å²) >= 11 is 6.33. The van der Waals surface area contributed by atoms with E-state index < -0.39 is 48.3 Å². The van der Waals surface area contributed by atoms with Crippen molar-refractivity contribution in [1.82, 2.24) is 15.0 Å². The Morgan fingerprint density at radius 2 is 1.32 bits per heavy atom. The van der Waals surface area contributed by atoms with E-state index in [-0.39, 0.29) is 101 Å². The van der Waals surface area contributed by atoms with Gasteiger partial charge >= 0.3 is 0 Å². The number of rotatable bonds is 3. The molecule has 0 aliphatic rings. The van der Waals surface area contributed by atoms with Crippen LogP contribution in [-0.2, 0) is 0 Å². The molecule has 2 heterocycles. The molecule has 40 heavy (non-hydrogen) atoms. The summed E-state index contributed by atoms with van der Waals surface area (Å²) < 4.78 is 109. The standard InChI is InChI=1S/C35H20ClN3O/c36-25-17-18-30-29(20-25)32-27(11-6-12-31(32)40-30)35-38-33(23-8-2-1-3-9-23)37-34(39-35)24-16-15-22-14-13-21-7-4-5-10-26(21)28(22)19-24/h1-20H/i4D,5D,7D,10D,11D,12D,13D,14D,15D,16D,17D,18D. The molecule has 0 fully saturated rings. The van der Waals surface area contributed by atoms with Crippen molar-refractivity contribution >= 4 is 55.1 Å². The zero-order valence-electron chi connectivity index (χ0n) is 32.2. The quantitative estimate of drug-likeness (QED) is 0.207. The summed E-state index contributed by atoms with van der Waals surface area (Å²) in [4.78, 5) is 14.0. The van der Waals surface area contributed by atoms with Gasteiger partial charge in [-0.25, -0.2) is 15.0 Å². The van der Waals surface area contributed by atoms with E-state index in [1.807, 2.05) is 0 Å². The van der Waals surface area contributed by atoms with Gasteiger partial charge in [-0.05, 0) is 51.8 Å². The Labute approximate surface area is 251 Å². The zero-order valence-corrected chi connectivity index (χ0v) is 21.0. The lowest BCUT2D eigenvalue weighted by Crippen LogP contribution is -2.00. The summed E-state index contributed by atoms with van der Waals surface area (Å²) in [5.74, 6) is -0.147. The van der Waals surface area contributed by atoms with Crippen molar-refractivity contribution in [2.24, 2.45) is 0 Å². The topological polar surface area (TPSA) is 51.8 Å². The number of benzene rings is 6. The van der Waals surface area contributed by atoms with Crippen LogP contribution in [0.3, 0.4) is 0 Å². The Hall–Kier alpha value is -5.06. The molecule has 8 aromatic rings. The highest BCUT2D eigenvalue weighted by atomic mass is 35.5. The van der Waals surface area contributed by atoms with Crippen molar-refractivity contribution in [1.29, 1.82) is 0 Å². The first-order valence-corrected chi connectivity index (χ1v) is 12.5. The van der Waals surface area contributed by atoms with Crippen molar-refractivity contribution in [3.63, 3.8) is 0 Å². The average molecular weight is 546 g/mol. The molecule has 0 unspecified atom stereocenters. The van der Waals surface area contributed by atoms with Gasteiger partial charge in [-0.2, -0.15) is 0 Å². The molecule has 0 radical (unpaired) electrons. The molecule has 4 nitrogen and oxygen atoms in total. The van der Waals surface area contributed by atoms with Crippen LogP contribution in [-0.4, -0.2) is 15.0 Å². The lowest BCUT2D eigenvalue weighted by Gasteiger charge is -2.10. The molecule has 188 valence electrons. The molecule has 0 saturated heterocycles. The molecule has 0 atom stereocenters. The Morgan fingerprint density at radius 1 is 0.575 bits per heavy atom. The molecule has 0 aliphatic carbocycles. The minimum atomic E-state index is -0.580. The number of halogens is 1. The van der Waals surface area contributed by atoms with Crippen molar-refractivity contribution in [3.8, 4) is 34.2 Å². The van der Waals surface area contributed by atoms with E-state index in [0.29, 0.717) is 5.56 Å². The summed E-state index contributed by atoms with van der Waals surface area (Å²) in [5.41, 5.74) is 0.500. The second-order valence-electron chi connectivity index (χ2n) is 8.87. The van der Waals surface area contributed by atoms with E-state index in [0.717, 1.165) is 0 Å². The SMILES string of the molecule is [2H]c1cc([2H])c2oc3c([2H])c([2H])c(Cl)cc3c2c1-c1nc(-c2ccccc2)nc(-c2cc3c(c([2H])c2[2H])c([2H])c([2H])c2c([2H])c([2H])c([2H])c([2H])c23)n1. The number of aromatic nitrogens is 3. The minimum absolute atomic E-state index is 0.00509. The molecule has 0 N–H and O–H groups in total. The highest BCUT2D eigenvalue weighted by Crippen LogP contribution is 2.38. The first-order valence-electron chi connectivity index (χ1n) is 18.1. The third-order valence-electron chi connectivity index (χ3n) is 6.46. The highest BCUT2D eigenvalue weighted by Gasteiger charge is 2.18. The fourth-order valence-electron chi connectivity index (χ4n) is 4.65. The number of furan rings is 1. The monoisotopic (exact) mass is 545 g/mol. The third-order valence-corrected chi connectivity index (χ3v) is 6.67. The summed E-state index contributed by atoms with van der Waals surface area (Å²) in [7, 11) is 0. The molecular weight excluding hydrogens is 514 g/mol. The van der Waals surface area contributed by atoms with Gasteiger partial charge in [0.15, 0.2) is 17.5 Å². The maximum absolute atomic E-state index is 9.05. The Kier molecular flexibility index (Phi) is 3.12. The van der Waals surface area contributed by atoms with Gasteiger partial charge in [-0.1, -0.05) is 102 Å². The molecule has 0 amide bonds. The number of fused-ring (bicyclic) bond motifs is 6. The summed E-state index contributed by atoms with van der Waals surface area (Å²) in [6.07, 6.45) is 0. The summed E-state index contributed by atoms with van der Waals surface area (Å²) in [6, 6.07) is 7.74. The van der Waals surface area contributed by atoms with Crippen LogP contribution in [0.1, 0.15) is 16.4 Å². The van der Waals surface area contributed by atoms with E-state index in [1.54, 1.807) is 30.3 Å². The molecule has 0 aliphatic heterocycles. The Bertz CT molecular complexity index is 2900. The van der Waals surface area contributed by atoms with Gasteiger partial charge in [0, 0.05) is 32.5 Å². The molecule has 6 aromatic carbocycles. The number of nitrogens with zero attached hydrogens (tertiary/aromatic N) is 3. The summed E-state index contributed by atoms with van der Waals surface area (Å²) in [5, 5.41) is -0.0598. The van der Waals surface area contributed by atoms with Crippen molar-refractivity contribution in [2.45, 2.75) is 0 Å². The number of hydrogen-bond acceptors (Lipinski definition) is 4. The van der Waals surface area contributed by atoms with Crippen molar-refractivity contribution in [2.75, 3.05) is 0 Å². The molecule has 8 rings (SSSR count). The molecular formula is C35H20ClN3O.